The second-order valence-corrected chi connectivity index (χ2v) is 6.45. The first kappa shape index (κ1) is 15.6. The molecule has 0 aliphatic carbocycles. The van der Waals surface area contributed by atoms with E-state index in [1.165, 1.54) is 0 Å². The summed E-state index contributed by atoms with van der Waals surface area (Å²) in [5.41, 5.74) is 5.36. The smallest absolute Gasteiger partial charge is 0.174 e. The molecular formula is C23H17N3O. The minimum Gasteiger partial charge on any atom is -0.453 e. The van der Waals surface area contributed by atoms with Crippen LogP contribution in [-0.2, 0) is 0 Å². The monoisotopic (exact) mass is 351 g/mol. The molecule has 4 heteroatoms. The lowest BCUT2D eigenvalue weighted by molar-refractivity contribution is 0.563. The Bertz CT molecular complexity index is 1130. The predicted octanol–water partition coefficient (Wildman–Crippen LogP) is 5.57. The quantitative estimate of drug-likeness (QED) is 0.522. The number of benzene rings is 2. The molecule has 3 heterocycles. The van der Waals surface area contributed by atoms with Crippen molar-refractivity contribution in [2.45, 2.75) is 6.42 Å². The SMILES string of the molecule is C1=C(c2ccc(-c3ncc(-c4ccccc4)[nH]3)o2)CC(c2ccccc2)=N1. The molecule has 130 valence electrons. The van der Waals surface area contributed by atoms with E-state index >= 15 is 0 Å². The summed E-state index contributed by atoms with van der Waals surface area (Å²) in [7, 11) is 0. The van der Waals surface area contributed by atoms with Gasteiger partial charge >= 0.3 is 0 Å². The molecule has 0 amide bonds. The Morgan fingerprint density at radius 3 is 2.26 bits per heavy atom. The summed E-state index contributed by atoms with van der Waals surface area (Å²) in [6.07, 6.45) is 4.49. The Morgan fingerprint density at radius 2 is 1.48 bits per heavy atom. The summed E-state index contributed by atoms with van der Waals surface area (Å²) in [4.78, 5) is 12.4. The number of aromatic amines is 1. The van der Waals surface area contributed by atoms with Crippen LogP contribution in [0.25, 0.3) is 28.4 Å². The van der Waals surface area contributed by atoms with Crippen LogP contribution >= 0.6 is 0 Å². The Labute approximate surface area is 156 Å². The molecule has 0 bridgehead atoms. The third-order valence-corrected chi connectivity index (χ3v) is 4.66. The maximum Gasteiger partial charge on any atom is 0.174 e. The Hall–Kier alpha value is -3.66. The van der Waals surface area contributed by atoms with E-state index in [2.05, 4.69) is 39.2 Å². The van der Waals surface area contributed by atoms with E-state index in [1.807, 2.05) is 60.9 Å². The molecule has 0 saturated heterocycles. The van der Waals surface area contributed by atoms with Crippen molar-refractivity contribution in [1.29, 1.82) is 0 Å². The Morgan fingerprint density at radius 1 is 0.778 bits per heavy atom. The van der Waals surface area contributed by atoms with Gasteiger partial charge in [-0.2, -0.15) is 0 Å². The fourth-order valence-corrected chi connectivity index (χ4v) is 3.23. The summed E-state index contributed by atoms with van der Waals surface area (Å²) < 4.78 is 6.05. The lowest BCUT2D eigenvalue weighted by atomic mass is 10.0. The topological polar surface area (TPSA) is 54.2 Å². The van der Waals surface area contributed by atoms with Gasteiger partial charge in [-0.3, -0.25) is 4.99 Å². The van der Waals surface area contributed by atoms with E-state index in [1.54, 1.807) is 0 Å². The van der Waals surface area contributed by atoms with Gasteiger partial charge in [0.05, 0.1) is 17.6 Å². The zero-order chi connectivity index (χ0) is 18.1. The number of rotatable bonds is 4. The van der Waals surface area contributed by atoms with Gasteiger partial charge in [0.25, 0.3) is 0 Å². The van der Waals surface area contributed by atoms with E-state index in [0.29, 0.717) is 0 Å². The summed E-state index contributed by atoms with van der Waals surface area (Å²) in [5, 5.41) is 0. The third-order valence-electron chi connectivity index (χ3n) is 4.66. The molecule has 4 nitrogen and oxygen atoms in total. The van der Waals surface area contributed by atoms with Crippen LogP contribution in [0.2, 0.25) is 0 Å². The zero-order valence-corrected chi connectivity index (χ0v) is 14.6. The molecule has 0 fully saturated rings. The number of furan rings is 1. The summed E-state index contributed by atoms with van der Waals surface area (Å²) in [5.74, 6) is 2.28. The van der Waals surface area contributed by atoms with E-state index in [4.69, 9.17) is 4.42 Å². The van der Waals surface area contributed by atoms with Crippen molar-refractivity contribution in [3.05, 3.63) is 96.5 Å². The molecule has 1 aliphatic rings. The maximum absolute atomic E-state index is 6.05. The number of hydrogen-bond acceptors (Lipinski definition) is 3. The molecule has 2 aromatic carbocycles. The van der Waals surface area contributed by atoms with Gasteiger partial charge in [-0.15, -0.1) is 0 Å². The largest absolute Gasteiger partial charge is 0.453 e. The molecule has 27 heavy (non-hydrogen) atoms. The second kappa shape index (κ2) is 6.57. The van der Waals surface area contributed by atoms with Gasteiger partial charge in [-0.25, -0.2) is 4.98 Å². The van der Waals surface area contributed by atoms with Crippen molar-refractivity contribution >= 4 is 11.3 Å². The lowest BCUT2D eigenvalue weighted by Crippen LogP contribution is -1.97. The van der Waals surface area contributed by atoms with Gasteiger partial charge in [0, 0.05) is 18.2 Å². The second-order valence-electron chi connectivity index (χ2n) is 6.45. The normalized spacial score (nSPS) is 13.5. The number of nitrogens with one attached hydrogen (secondary N) is 1. The van der Waals surface area contributed by atoms with Crippen molar-refractivity contribution in [2.24, 2.45) is 4.99 Å². The zero-order valence-electron chi connectivity index (χ0n) is 14.6. The van der Waals surface area contributed by atoms with E-state index in [0.717, 1.165) is 51.9 Å². The first-order valence-electron chi connectivity index (χ1n) is 8.89. The molecule has 5 rings (SSSR count). The van der Waals surface area contributed by atoms with E-state index in [9.17, 15) is 0 Å². The molecular weight excluding hydrogens is 334 g/mol. The van der Waals surface area contributed by atoms with Gasteiger partial charge < -0.3 is 9.40 Å². The molecule has 0 atom stereocenters. The van der Waals surface area contributed by atoms with Gasteiger partial charge in [-0.1, -0.05) is 60.7 Å². The average Bonchev–Trinajstić information content (AvgIpc) is 3.49. The molecule has 0 spiro atoms. The lowest BCUT2D eigenvalue weighted by Gasteiger charge is -2.01. The number of allylic oxidation sites excluding steroid dienone is 1. The molecule has 0 saturated carbocycles. The highest BCUT2D eigenvalue weighted by Crippen LogP contribution is 2.31. The minimum absolute atomic E-state index is 0.723. The first-order valence-corrected chi connectivity index (χ1v) is 8.89. The van der Waals surface area contributed by atoms with Crippen molar-refractivity contribution in [2.75, 3.05) is 0 Å². The van der Waals surface area contributed by atoms with Crippen LogP contribution in [0.5, 0.6) is 0 Å². The number of aliphatic imine (C=N–C) groups is 1. The highest BCUT2D eigenvalue weighted by molar-refractivity contribution is 6.08. The van der Waals surface area contributed by atoms with Gasteiger partial charge in [0.2, 0.25) is 0 Å². The van der Waals surface area contributed by atoms with Crippen LogP contribution in [-0.4, -0.2) is 15.7 Å². The van der Waals surface area contributed by atoms with Gasteiger partial charge in [0.1, 0.15) is 5.76 Å². The van der Waals surface area contributed by atoms with Crippen LogP contribution in [0.1, 0.15) is 17.7 Å². The summed E-state index contributed by atoms with van der Waals surface area (Å²) in [6, 6.07) is 24.3. The first-order chi connectivity index (χ1) is 13.4. The number of imidazole rings is 1. The highest BCUT2D eigenvalue weighted by atomic mass is 16.3. The maximum atomic E-state index is 6.05. The number of H-pyrrole nitrogens is 1. The Kier molecular flexibility index (Phi) is 3.79. The number of aromatic nitrogens is 2. The van der Waals surface area contributed by atoms with E-state index in [-0.39, 0.29) is 0 Å². The number of nitrogens with zero attached hydrogens (tertiary/aromatic N) is 2. The molecule has 4 aromatic rings. The van der Waals surface area contributed by atoms with Gasteiger partial charge in [0.15, 0.2) is 11.6 Å². The standard InChI is InChI=1S/C23H17N3O/c1-3-7-16(8-4-1)19-13-18(14-24-19)21-11-12-22(27-21)23-25-15-20(26-23)17-9-5-2-6-10-17/h1-12,14-15H,13H2,(H,25,26). The molecule has 2 aromatic heterocycles. The van der Waals surface area contributed by atoms with Crippen LogP contribution in [0.4, 0.5) is 0 Å². The minimum atomic E-state index is 0.723. The average molecular weight is 351 g/mol. The number of hydrogen-bond donors (Lipinski definition) is 1. The third kappa shape index (κ3) is 3.02. The highest BCUT2D eigenvalue weighted by Gasteiger charge is 2.18. The fraction of sp³-hybridized carbons (Fsp3) is 0.0435. The van der Waals surface area contributed by atoms with Crippen molar-refractivity contribution in [1.82, 2.24) is 9.97 Å². The van der Waals surface area contributed by atoms with Crippen molar-refractivity contribution in [3.8, 4) is 22.8 Å². The van der Waals surface area contributed by atoms with Crippen molar-refractivity contribution < 1.29 is 4.42 Å². The summed E-state index contributed by atoms with van der Waals surface area (Å²) in [6.45, 7) is 0. The molecule has 0 radical (unpaired) electrons. The van der Waals surface area contributed by atoms with Crippen LogP contribution in [0.3, 0.4) is 0 Å². The van der Waals surface area contributed by atoms with Crippen LogP contribution < -0.4 is 0 Å². The fourth-order valence-electron chi connectivity index (χ4n) is 3.23. The molecule has 0 unspecified atom stereocenters. The molecule has 1 aliphatic heterocycles. The van der Waals surface area contributed by atoms with Crippen LogP contribution in [0, 0.1) is 0 Å². The van der Waals surface area contributed by atoms with Crippen LogP contribution in [0.15, 0.2) is 94.6 Å². The Balaban J connectivity index is 1.35. The van der Waals surface area contributed by atoms with E-state index < -0.39 is 0 Å². The van der Waals surface area contributed by atoms with Gasteiger partial charge in [-0.05, 0) is 23.3 Å². The summed E-state index contributed by atoms with van der Waals surface area (Å²) >= 11 is 0. The predicted molar refractivity (Wildman–Crippen MR) is 107 cm³/mol. The molecule has 1 N–H and O–H groups in total. The van der Waals surface area contributed by atoms with Crippen molar-refractivity contribution in [3.63, 3.8) is 0 Å².